The summed E-state index contributed by atoms with van der Waals surface area (Å²) in [6, 6.07) is 15.7. The van der Waals surface area contributed by atoms with E-state index < -0.39 is 5.66 Å². The second kappa shape index (κ2) is 7.24. The number of ether oxygens (including phenoxy) is 2. The van der Waals surface area contributed by atoms with Crippen molar-refractivity contribution in [2.45, 2.75) is 38.0 Å². The normalized spacial score (nSPS) is 24.4. The Morgan fingerprint density at radius 2 is 2.00 bits per heavy atom. The number of para-hydroxylation sites is 1. The van der Waals surface area contributed by atoms with Gasteiger partial charge in [0.05, 0.1) is 18.8 Å². The van der Waals surface area contributed by atoms with E-state index in [2.05, 4.69) is 12.2 Å². The summed E-state index contributed by atoms with van der Waals surface area (Å²) in [7, 11) is 1.66. The zero-order chi connectivity index (χ0) is 18.9. The van der Waals surface area contributed by atoms with E-state index in [9.17, 15) is 4.79 Å². The fourth-order valence-corrected chi connectivity index (χ4v) is 4.20. The molecular weight excluding hydrogens is 340 g/mol. The van der Waals surface area contributed by atoms with Crippen LogP contribution >= 0.6 is 0 Å². The number of fused-ring (bicyclic) bond motifs is 1. The van der Waals surface area contributed by atoms with Gasteiger partial charge in [0.2, 0.25) is 0 Å². The Bertz CT molecular complexity index is 815. The van der Waals surface area contributed by atoms with Crippen LogP contribution in [0.4, 0.5) is 5.69 Å². The molecule has 1 N–H and O–H groups in total. The van der Waals surface area contributed by atoms with E-state index in [4.69, 9.17) is 9.47 Å². The first kappa shape index (κ1) is 17.9. The molecule has 0 bridgehead atoms. The lowest BCUT2D eigenvalue weighted by atomic mass is 9.89. The van der Waals surface area contributed by atoms with Gasteiger partial charge >= 0.3 is 0 Å². The van der Waals surface area contributed by atoms with Gasteiger partial charge in [-0.25, -0.2) is 0 Å². The Balaban J connectivity index is 1.80. The van der Waals surface area contributed by atoms with Gasteiger partial charge in [-0.05, 0) is 49.1 Å². The smallest absolute Gasteiger partial charge is 0.258 e. The van der Waals surface area contributed by atoms with Gasteiger partial charge in [-0.1, -0.05) is 31.2 Å². The van der Waals surface area contributed by atoms with Crippen LogP contribution in [0.2, 0.25) is 0 Å². The molecule has 0 aliphatic carbocycles. The molecule has 1 saturated heterocycles. The van der Waals surface area contributed by atoms with E-state index >= 15 is 0 Å². The second-order valence-corrected chi connectivity index (χ2v) is 7.16. The standard InChI is InChI=1S/C22H26N2O3/c1-3-22(16-10-12-17(26-2)13-11-16)23-20-9-5-4-8-19(20)21(25)24(22)15-18-7-6-14-27-18/h4-5,8-13,18,23H,3,6-7,14-15H2,1-2H3. The first-order valence-electron chi connectivity index (χ1n) is 9.63. The summed E-state index contributed by atoms with van der Waals surface area (Å²) in [5.74, 6) is 0.857. The maximum Gasteiger partial charge on any atom is 0.258 e. The van der Waals surface area contributed by atoms with Crippen molar-refractivity contribution in [2.24, 2.45) is 0 Å². The topological polar surface area (TPSA) is 50.8 Å². The van der Waals surface area contributed by atoms with E-state index in [-0.39, 0.29) is 12.0 Å². The second-order valence-electron chi connectivity index (χ2n) is 7.16. The summed E-state index contributed by atoms with van der Waals surface area (Å²) >= 11 is 0. The maximum atomic E-state index is 13.5. The van der Waals surface area contributed by atoms with Crippen molar-refractivity contribution >= 4 is 11.6 Å². The van der Waals surface area contributed by atoms with E-state index in [1.54, 1.807) is 7.11 Å². The van der Waals surface area contributed by atoms with Gasteiger partial charge in [-0.2, -0.15) is 0 Å². The van der Waals surface area contributed by atoms with Crippen LogP contribution in [0.5, 0.6) is 5.75 Å². The molecule has 2 aromatic rings. The summed E-state index contributed by atoms with van der Waals surface area (Å²) in [6.07, 6.45) is 2.88. The highest BCUT2D eigenvalue weighted by Gasteiger charge is 2.45. The first-order chi connectivity index (χ1) is 13.2. The number of nitrogens with one attached hydrogen (secondary N) is 1. The zero-order valence-corrected chi connectivity index (χ0v) is 15.9. The molecule has 2 atom stereocenters. The van der Waals surface area contributed by atoms with Crippen molar-refractivity contribution in [2.75, 3.05) is 25.6 Å². The lowest BCUT2D eigenvalue weighted by Crippen LogP contribution is -2.59. The molecule has 0 spiro atoms. The number of methoxy groups -OCH3 is 1. The highest BCUT2D eigenvalue weighted by Crippen LogP contribution is 2.41. The third-order valence-corrected chi connectivity index (χ3v) is 5.69. The number of hydrogen-bond acceptors (Lipinski definition) is 4. The SMILES string of the molecule is CCC1(c2ccc(OC)cc2)Nc2ccccc2C(=O)N1CC1CCCO1. The number of nitrogens with zero attached hydrogens (tertiary/aromatic N) is 1. The molecule has 5 heteroatoms. The van der Waals surface area contributed by atoms with Crippen LogP contribution in [0.3, 0.4) is 0 Å². The molecule has 1 fully saturated rings. The largest absolute Gasteiger partial charge is 0.497 e. The maximum absolute atomic E-state index is 13.5. The fraction of sp³-hybridized carbons (Fsp3) is 0.409. The molecule has 2 aromatic carbocycles. The molecule has 0 aromatic heterocycles. The minimum atomic E-state index is -0.607. The van der Waals surface area contributed by atoms with Gasteiger partial charge in [0, 0.05) is 18.8 Å². The summed E-state index contributed by atoms with van der Waals surface area (Å²) in [5.41, 5.74) is 2.03. The molecule has 2 aliphatic rings. The van der Waals surface area contributed by atoms with E-state index in [1.807, 2.05) is 53.4 Å². The minimum absolute atomic E-state index is 0.0533. The van der Waals surface area contributed by atoms with E-state index in [1.165, 1.54) is 0 Å². The number of amides is 1. The van der Waals surface area contributed by atoms with Crippen molar-refractivity contribution < 1.29 is 14.3 Å². The van der Waals surface area contributed by atoms with Gasteiger partial charge < -0.3 is 19.7 Å². The summed E-state index contributed by atoms with van der Waals surface area (Å²) in [5, 5.41) is 3.68. The third kappa shape index (κ3) is 3.06. The number of anilines is 1. The third-order valence-electron chi connectivity index (χ3n) is 5.69. The Labute approximate surface area is 160 Å². The molecule has 142 valence electrons. The lowest BCUT2D eigenvalue weighted by molar-refractivity contribution is 0.0187. The average molecular weight is 366 g/mol. The van der Waals surface area contributed by atoms with Crippen molar-refractivity contribution in [1.29, 1.82) is 0 Å². The van der Waals surface area contributed by atoms with Crippen LogP contribution in [0.1, 0.15) is 42.1 Å². The lowest BCUT2D eigenvalue weighted by Gasteiger charge is -2.49. The van der Waals surface area contributed by atoms with Crippen molar-refractivity contribution in [3.05, 3.63) is 59.7 Å². The number of hydrogen-bond donors (Lipinski definition) is 1. The van der Waals surface area contributed by atoms with E-state index in [0.29, 0.717) is 12.1 Å². The Morgan fingerprint density at radius 1 is 1.22 bits per heavy atom. The first-order valence-corrected chi connectivity index (χ1v) is 9.63. The number of carbonyl (C=O) groups excluding carboxylic acids is 1. The molecule has 4 rings (SSSR count). The van der Waals surface area contributed by atoms with E-state index in [0.717, 1.165) is 42.9 Å². The zero-order valence-electron chi connectivity index (χ0n) is 15.9. The van der Waals surface area contributed by atoms with Gasteiger partial charge in [-0.3, -0.25) is 4.79 Å². The summed E-state index contributed by atoms with van der Waals surface area (Å²) in [4.78, 5) is 15.4. The highest BCUT2D eigenvalue weighted by molar-refractivity contribution is 6.02. The number of benzene rings is 2. The van der Waals surface area contributed by atoms with Crippen LogP contribution in [0.25, 0.3) is 0 Å². The highest BCUT2D eigenvalue weighted by atomic mass is 16.5. The minimum Gasteiger partial charge on any atom is -0.497 e. The van der Waals surface area contributed by atoms with Crippen LogP contribution in [-0.2, 0) is 10.4 Å². The molecule has 1 amide bonds. The molecule has 2 heterocycles. The molecule has 27 heavy (non-hydrogen) atoms. The molecule has 5 nitrogen and oxygen atoms in total. The van der Waals surface area contributed by atoms with Crippen molar-refractivity contribution in [1.82, 2.24) is 4.90 Å². The molecular formula is C22H26N2O3. The fourth-order valence-electron chi connectivity index (χ4n) is 4.20. The predicted molar refractivity (Wildman–Crippen MR) is 105 cm³/mol. The van der Waals surface area contributed by atoms with Gasteiger partial charge in [0.15, 0.2) is 0 Å². The van der Waals surface area contributed by atoms with Gasteiger partial charge in [0.25, 0.3) is 5.91 Å². The molecule has 0 saturated carbocycles. The van der Waals surface area contributed by atoms with Crippen LogP contribution in [0, 0.1) is 0 Å². The molecule has 2 aliphatic heterocycles. The van der Waals surface area contributed by atoms with Crippen LogP contribution in [-0.4, -0.2) is 37.2 Å². The Morgan fingerprint density at radius 3 is 2.67 bits per heavy atom. The number of carbonyl (C=O) groups is 1. The van der Waals surface area contributed by atoms with Gasteiger partial charge in [-0.15, -0.1) is 0 Å². The van der Waals surface area contributed by atoms with Crippen molar-refractivity contribution in [3.63, 3.8) is 0 Å². The number of rotatable bonds is 5. The predicted octanol–water partition coefficient (Wildman–Crippen LogP) is 4.00. The van der Waals surface area contributed by atoms with Crippen LogP contribution < -0.4 is 10.1 Å². The van der Waals surface area contributed by atoms with Gasteiger partial charge in [0.1, 0.15) is 11.4 Å². The Hall–Kier alpha value is -2.53. The average Bonchev–Trinajstić information content (AvgIpc) is 3.23. The summed E-state index contributed by atoms with van der Waals surface area (Å²) in [6.45, 7) is 3.47. The summed E-state index contributed by atoms with van der Waals surface area (Å²) < 4.78 is 11.2. The monoisotopic (exact) mass is 366 g/mol. The molecule has 0 radical (unpaired) electrons. The molecule has 2 unspecified atom stereocenters. The van der Waals surface area contributed by atoms with Crippen LogP contribution in [0.15, 0.2) is 48.5 Å². The quantitative estimate of drug-likeness (QED) is 0.869. The Kier molecular flexibility index (Phi) is 4.79. The van der Waals surface area contributed by atoms with Crippen molar-refractivity contribution in [3.8, 4) is 5.75 Å².